The molecule has 0 bridgehead atoms. The minimum absolute atomic E-state index is 0.823. The second-order valence-electron chi connectivity index (χ2n) is 12.8. The summed E-state index contributed by atoms with van der Waals surface area (Å²) >= 11 is 0. The third-order valence-electron chi connectivity index (χ3n) is 9.87. The van der Waals surface area contributed by atoms with Crippen molar-refractivity contribution in [2.75, 3.05) is 4.90 Å². The van der Waals surface area contributed by atoms with Crippen LogP contribution < -0.4 is 4.90 Å². The monoisotopic (exact) mass is 650 g/mol. The number of anilines is 3. The van der Waals surface area contributed by atoms with Crippen LogP contribution >= 0.6 is 0 Å². The van der Waals surface area contributed by atoms with E-state index in [-0.39, 0.29) is 0 Å². The molecule has 0 aliphatic heterocycles. The van der Waals surface area contributed by atoms with Gasteiger partial charge in [0.1, 0.15) is 11.2 Å². The summed E-state index contributed by atoms with van der Waals surface area (Å²) in [6.45, 7) is 0. The molecule has 10 rings (SSSR count). The highest BCUT2D eigenvalue weighted by Crippen LogP contribution is 2.40. The third-order valence-corrected chi connectivity index (χ3v) is 9.87. The van der Waals surface area contributed by atoms with Gasteiger partial charge in [-0.3, -0.25) is 0 Å². The molecule has 0 aliphatic carbocycles. The summed E-state index contributed by atoms with van der Waals surface area (Å²) in [6.07, 6.45) is 0. The molecule has 0 atom stereocenters. The van der Waals surface area contributed by atoms with Crippen molar-refractivity contribution in [1.29, 1.82) is 0 Å². The van der Waals surface area contributed by atoms with Crippen LogP contribution in [0.15, 0.2) is 186 Å². The van der Waals surface area contributed by atoms with Gasteiger partial charge in [0.05, 0.1) is 22.1 Å². The summed E-state index contributed by atoms with van der Waals surface area (Å²) in [4.78, 5) is 2.30. The molecule has 0 N–H and O–H groups in total. The van der Waals surface area contributed by atoms with E-state index >= 15 is 0 Å². The first-order valence-electron chi connectivity index (χ1n) is 17.2. The molecule has 0 fully saturated rings. The molecular weight excluding hydrogens is 621 g/mol. The number of fused-ring (bicyclic) bond motifs is 6. The van der Waals surface area contributed by atoms with Crippen LogP contribution in [0.5, 0.6) is 0 Å². The molecule has 2 heterocycles. The van der Waals surface area contributed by atoms with E-state index in [4.69, 9.17) is 4.42 Å². The van der Waals surface area contributed by atoms with E-state index in [2.05, 4.69) is 191 Å². The fourth-order valence-corrected chi connectivity index (χ4v) is 7.54. The number of hydrogen-bond donors (Lipinski definition) is 0. The van der Waals surface area contributed by atoms with Gasteiger partial charge in [-0.05, 0) is 83.9 Å². The summed E-state index contributed by atoms with van der Waals surface area (Å²) in [5, 5.41) is 4.53. The zero-order chi connectivity index (χ0) is 33.7. The Bertz CT molecular complexity index is 2790. The zero-order valence-electron chi connectivity index (χ0n) is 27.6. The summed E-state index contributed by atoms with van der Waals surface area (Å²) in [5.41, 5.74) is 13.0. The highest BCUT2D eigenvalue weighted by molar-refractivity contribution is 6.10. The third kappa shape index (κ3) is 4.77. The van der Waals surface area contributed by atoms with Crippen molar-refractivity contribution in [2.45, 2.75) is 0 Å². The molecular formula is C48H30N2O. The minimum atomic E-state index is 0.823. The Balaban J connectivity index is 1.05. The lowest BCUT2D eigenvalue weighted by Crippen LogP contribution is -2.09. The Morgan fingerprint density at radius 3 is 1.71 bits per heavy atom. The van der Waals surface area contributed by atoms with E-state index in [0.717, 1.165) is 61.4 Å². The van der Waals surface area contributed by atoms with Gasteiger partial charge in [0.2, 0.25) is 0 Å². The summed E-state index contributed by atoms with van der Waals surface area (Å²) in [6, 6.07) is 70.6. The molecule has 10 aromatic rings. The number of hydrogen-bond acceptors (Lipinski definition) is 2. The first-order chi connectivity index (χ1) is 25.3. The average Bonchev–Trinajstić information content (AvgIpc) is 3.75. The zero-order valence-corrected chi connectivity index (χ0v) is 27.6. The van der Waals surface area contributed by atoms with Crippen molar-refractivity contribution >= 4 is 60.8 Å². The molecule has 3 heteroatoms. The lowest BCUT2D eigenvalue weighted by Gasteiger charge is -2.26. The van der Waals surface area contributed by atoms with Crippen molar-refractivity contribution in [3.8, 4) is 27.9 Å². The molecule has 0 unspecified atom stereocenters. The van der Waals surface area contributed by atoms with Crippen LogP contribution in [0.3, 0.4) is 0 Å². The molecule has 8 aromatic carbocycles. The Morgan fingerprint density at radius 1 is 0.451 bits per heavy atom. The summed E-state index contributed by atoms with van der Waals surface area (Å²) in [5.74, 6) is 0. The van der Waals surface area contributed by atoms with Crippen molar-refractivity contribution in [2.24, 2.45) is 0 Å². The maximum atomic E-state index is 6.31. The van der Waals surface area contributed by atoms with Crippen LogP contribution in [0.1, 0.15) is 0 Å². The highest BCUT2D eigenvalue weighted by atomic mass is 16.3. The van der Waals surface area contributed by atoms with E-state index in [1.54, 1.807) is 0 Å². The molecule has 51 heavy (non-hydrogen) atoms. The van der Waals surface area contributed by atoms with Crippen LogP contribution in [0.4, 0.5) is 17.1 Å². The number of aromatic nitrogens is 1. The van der Waals surface area contributed by atoms with Gasteiger partial charge in [0.15, 0.2) is 0 Å². The highest BCUT2D eigenvalue weighted by Gasteiger charge is 2.18. The molecule has 0 amide bonds. The average molecular weight is 651 g/mol. The molecule has 0 saturated carbocycles. The Kier molecular flexibility index (Phi) is 6.72. The molecule has 0 saturated heterocycles. The van der Waals surface area contributed by atoms with Gasteiger partial charge in [-0.25, -0.2) is 0 Å². The Labute approximate surface area is 295 Å². The molecule has 0 spiro atoms. The summed E-state index contributed by atoms with van der Waals surface area (Å²) in [7, 11) is 0. The number of nitrogens with zero attached hydrogens (tertiary/aromatic N) is 2. The topological polar surface area (TPSA) is 21.3 Å². The molecule has 0 aliphatic rings. The maximum Gasteiger partial charge on any atom is 0.144 e. The summed E-state index contributed by atoms with van der Waals surface area (Å²) < 4.78 is 8.71. The van der Waals surface area contributed by atoms with Crippen LogP contribution in [0, 0.1) is 12.1 Å². The standard InChI is InChI=1S/C48H30N2O/c1-2-13-35(14-3-1)49(37-31-27-34(28-32-37)39-19-12-20-43-42-18-7-11-24-47(42)51-48(39)43)36-29-25-33(26-30-36)38-15-4-8-21-44(38)50-45-22-9-5-16-40(45)41-17-6-10-23-46(41)50/h1-6,8-17,19-32H. The fraction of sp³-hybridized carbons (Fsp3) is 0. The van der Waals surface area contributed by atoms with E-state index < -0.39 is 0 Å². The van der Waals surface area contributed by atoms with Crippen molar-refractivity contribution in [3.63, 3.8) is 0 Å². The van der Waals surface area contributed by atoms with E-state index in [1.165, 1.54) is 27.4 Å². The van der Waals surface area contributed by atoms with Crippen LogP contribution in [0.2, 0.25) is 0 Å². The van der Waals surface area contributed by atoms with E-state index in [1.807, 2.05) is 12.1 Å². The largest absolute Gasteiger partial charge is 0.455 e. The minimum Gasteiger partial charge on any atom is -0.455 e. The maximum absolute atomic E-state index is 6.31. The van der Waals surface area contributed by atoms with E-state index in [0.29, 0.717) is 0 Å². The number of furan rings is 1. The van der Waals surface area contributed by atoms with Gasteiger partial charge in [-0.2, -0.15) is 0 Å². The predicted molar refractivity (Wildman–Crippen MR) is 211 cm³/mol. The number of para-hydroxylation sites is 5. The van der Waals surface area contributed by atoms with Crippen LogP contribution in [0.25, 0.3) is 71.7 Å². The smallest absolute Gasteiger partial charge is 0.144 e. The first kappa shape index (κ1) is 28.9. The Morgan fingerprint density at radius 2 is 1.00 bits per heavy atom. The lowest BCUT2D eigenvalue weighted by molar-refractivity contribution is 0.670. The lowest BCUT2D eigenvalue weighted by atomic mass is 10.0. The van der Waals surface area contributed by atoms with Crippen molar-refractivity contribution in [1.82, 2.24) is 4.57 Å². The second-order valence-corrected chi connectivity index (χ2v) is 12.8. The molecule has 0 radical (unpaired) electrons. The first-order valence-corrected chi connectivity index (χ1v) is 17.2. The normalized spacial score (nSPS) is 11.4. The van der Waals surface area contributed by atoms with Crippen molar-refractivity contribution in [3.05, 3.63) is 194 Å². The molecule has 2 aromatic heterocycles. The van der Waals surface area contributed by atoms with Gasteiger partial charge in [0.25, 0.3) is 0 Å². The van der Waals surface area contributed by atoms with Gasteiger partial charge >= 0.3 is 0 Å². The van der Waals surface area contributed by atoms with Gasteiger partial charge in [0, 0.05) is 44.3 Å². The second kappa shape index (κ2) is 11.8. The van der Waals surface area contributed by atoms with Crippen LogP contribution in [-0.2, 0) is 0 Å². The van der Waals surface area contributed by atoms with E-state index in [9.17, 15) is 0 Å². The van der Waals surface area contributed by atoms with Gasteiger partial charge in [-0.1, -0.05) is 121 Å². The van der Waals surface area contributed by atoms with Crippen LogP contribution in [-0.4, -0.2) is 4.57 Å². The Hall–Kier alpha value is -7.02. The predicted octanol–water partition coefficient (Wildman–Crippen LogP) is 13.1. The molecule has 238 valence electrons. The fourth-order valence-electron chi connectivity index (χ4n) is 7.54. The molecule has 3 nitrogen and oxygen atoms in total. The number of rotatable bonds is 6. The SMILES string of the molecule is c1ccc2oc3c(-c4ccc(N(c5ccccc5)c5ccc(-c6ccccc6-n6c7ccccc7c7ccccc76)cc5)cc4)cccc3c2c#1. The number of benzene rings is 7. The quantitative estimate of drug-likeness (QED) is 0.179. The van der Waals surface area contributed by atoms with Gasteiger partial charge in [-0.15, -0.1) is 0 Å². The van der Waals surface area contributed by atoms with Crippen molar-refractivity contribution < 1.29 is 4.42 Å². The van der Waals surface area contributed by atoms with Gasteiger partial charge < -0.3 is 13.9 Å².